The molecule has 0 saturated carbocycles. The zero-order chi connectivity index (χ0) is 20.5. The van der Waals surface area contributed by atoms with Crippen molar-refractivity contribution < 1.29 is 14.2 Å². The normalized spacial score (nSPS) is 11.8. The van der Waals surface area contributed by atoms with Crippen LogP contribution in [0.3, 0.4) is 0 Å². The van der Waals surface area contributed by atoms with E-state index in [0.717, 1.165) is 28.3 Å². The lowest BCUT2D eigenvalue weighted by Crippen LogP contribution is -2.11. The summed E-state index contributed by atoms with van der Waals surface area (Å²) in [5.41, 5.74) is 2.69. The Balaban J connectivity index is 1.87. The molecule has 0 radical (unpaired) electrons. The zero-order valence-corrected chi connectivity index (χ0v) is 17.0. The Hall–Kier alpha value is -3.53. The second-order valence-electron chi connectivity index (χ2n) is 6.50. The SMILES string of the molecule is CCOc1cccc(OC(=Nc2ccccc2)/C(C)=C/Oc2cccc(C)c2)c1. The Bertz CT molecular complexity index is 994. The summed E-state index contributed by atoms with van der Waals surface area (Å²) in [5, 5.41) is 0. The minimum atomic E-state index is 0.456. The van der Waals surface area contributed by atoms with E-state index in [1.165, 1.54) is 0 Å². The van der Waals surface area contributed by atoms with Crippen molar-refractivity contribution in [3.63, 3.8) is 0 Å². The molecule has 3 aromatic carbocycles. The molecule has 0 atom stereocenters. The fourth-order valence-corrected chi connectivity index (χ4v) is 2.61. The van der Waals surface area contributed by atoms with Crippen LogP contribution in [0.15, 0.2) is 95.7 Å². The first kappa shape index (κ1) is 20.2. The quantitative estimate of drug-likeness (QED) is 0.264. The molecule has 4 nitrogen and oxygen atoms in total. The van der Waals surface area contributed by atoms with Gasteiger partial charge < -0.3 is 14.2 Å². The number of aliphatic imine (C=N–C) groups is 1. The zero-order valence-electron chi connectivity index (χ0n) is 17.0. The maximum atomic E-state index is 6.10. The molecule has 0 saturated heterocycles. The second kappa shape index (κ2) is 10.1. The monoisotopic (exact) mass is 387 g/mol. The highest BCUT2D eigenvalue weighted by Gasteiger charge is 2.09. The van der Waals surface area contributed by atoms with E-state index < -0.39 is 0 Å². The van der Waals surface area contributed by atoms with Gasteiger partial charge in [0, 0.05) is 11.6 Å². The lowest BCUT2D eigenvalue weighted by Gasteiger charge is -2.11. The van der Waals surface area contributed by atoms with Crippen LogP contribution in [0.4, 0.5) is 5.69 Å². The van der Waals surface area contributed by atoms with E-state index >= 15 is 0 Å². The van der Waals surface area contributed by atoms with Crippen molar-refractivity contribution in [2.45, 2.75) is 20.8 Å². The average molecular weight is 387 g/mol. The second-order valence-corrected chi connectivity index (χ2v) is 6.50. The summed E-state index contributed by atoms with van der Waals surface area (Å²) in [4.78, 5) is 4.66. The van der Waals surface area contributed by atoms with Gasteiger partial charge in [-0.1, -0.05) is 36.4 Å². The molecule has 0 aliphatic carbocycles. The molecule has 0 amide bonds. The van der Waals surface area contributed by atoms with Crippen molar-refractivity contribution in [2.75, 3.05) is 6.61 Å². The Morgan fingerprint density at radius 2 is 1.59 bits per heavy atom. The molecule has 0 fully saturated rings. The predicted molar refractivity (Wildman–Crippen MR) is 117 cm³/mol. The van der Waals surface area contributed by atoms with Gasteiger partial charge in [0.15, 0.2) is 0 Å². The van der Waals surface area contributed by atoms with E-state index in [1.807, 2.05) is 99.6 Å². The fourth-order valence-electron chi connectivity index (χ4n) is 2.61. The summed E-state index contributed by atoms with van der Waals surface area (Å²) < 4.78 is 17.5. The minimum absolute atomic E-state index is 0.456. The van der Waals surface area contributed by atoms with E-state index in [2.05, 4.69) is 4.99 Å². The number of hydrogen-bond acceptors (Lipinski definition) is 4. The molecule has 0 N–H and O–H groups in total. The number of hydrogen-bond donors (Lipinski definition) is 0. The molecule has 0 aliphatic rings. The number of para-hydroxylation sites is 1. The van der Waals surface area contributed by atoms with Gasteiger partial charge in [0.1, 0.15) is 17.2 Å². The van der Waals surface area contributed by atoms with Crippen molar-refractivity contribution in [1.29, 1.82) is 0 Å². The molecule has 0 bridgehead atoms. The van der Waals surface area contributed by atoms with E-state index in [1.54, 1.807) is 6.26 Å². The first-order valence-corrected chi connectivity index (χ1v) is 9.59. The Morgan fingerprint density at radius 1 is 0.862 bits per heavy atom. The third-order valence-corrected chi connectivity index (χ3v) is 4.02. The Kier molecular flexibility index (Phi) is 7.06. The smallest absolute Gasteiger partial charge is 0.225 e. The topological polar surface area (TPSA) is 40.0 Å². The number of benzene rings is 3. The van der Waals surface area contributed by atoms with Gasteiger partial charge in [-0.25, -0.2) is 4.99 Å². The van der Waals surface area contributed by atoms with Crippen molar-refractivity contribution in [1.82, 2.24) is 0 Å². The van der Waals surface area contributed by atoms with Crippen LogP contribution in [0.1, 0.15) is 19.4 Å². The number of ether oxygens (including phenoxy) is 3. The molecular formula is C25H25NO3. The summed E-state index contributed by atoms with van der Waals surface area (Å²) in [5.74, 6) is 2.62. The largest absolute Gasteiger partial charge is 0.494 e. The third kappa shape index (κ3) is 6.25. The van der Waals surface area contributed by atoms with Crippen LogP contribution in [0.25, 0.3) is 0 Å². The van der Waals surface area contributed by atoms with E-state index in [-0.39, 0.29) is 0 Å². The van der Waals surface area contributed by atoms with Crippen LogP contribution in [0.5, 0.6) is 17.2 Å². The van der Waals surface area contributed by atoms with Crippen molar-refractivity contribution in [3.05, 3.63) is 96.3 Å². The van der Waals surface area contributed by atoms with Crippen molar-refractivity contribution in [2.24, 2.45) is 4.99 Å². The van der Waals surface area contributed by atoms with Gasteiger partial charge in [-0.3, -0.25) is 0 Å². The molecular weight excluding hydrogens is 362 g/mol. The summed E-state index contributed by atoms with van der Waals surface area (Å²) in [6.07, 6.45) is 1.66. The Labute approximate surface area is 172 Å². The summed E-state index contributed by atoms with van der Waals surface area (Å²) in [6, 6.07) is 25.1. The highest BCUT2D eigenvalue weighted by Crippen LogP contribution is 2.22. The lowest BCUT2D eigenvalue weighted by atomic mass is 10.2. The number of rotatable bonds is 7. The standard InChI is InChI=1S/C25H25NO3/c1-4-27-23-14-9-15-24(17-23)29-25(26-21-11-6-5-7-12-21)20(3)18-28-22-13-8-10-19(2)16-22/h5-18H,4H2,1-3H3/b20-18+,26-25?. The predicted octanol–water partition coefficient (Wildman–Crippen LogP) is 6.49. The Morgan fingerprint density at radius 3 is 2.34 bits per heavy atom. The minimum Gasteiger partial charge on any atom is -0.494 e. The maximum Gasteiger partial charge on any atom is 0.225 e. The molecule has 0 unspecified atom stereocenters. The van der Waals surface area contributed by atoms with Crippen LogP contribution in [-0.2, 0) is 0 Å². The van der Waals surface area contributed by atoms with E-state index in [9.17, 15) is 0 Å². The molecule has 0 spiro atoms. The van der Waals surface area contributed by atoms with E-state index in [0.29, 0.717) is 18.3 Å². The molecule has 4 heteroatoms. The van der Waals surface area contributed by atoms with Crippen LogP contribution < -0.4 is 14.2 Å². The van der Waals surface area contributed by atoms with Crippen molar-refractivity contribution >= 4 is 11.6 Å². The molecule has 148 valence electrons. The lowest BCUT2D eigenvalue weighted by molar-refractivity contribution is 0.339. The summed E-state index contributed by atoms with van der Waals surface area (Å²) in [6.45, 7) is 6.48. The summed E-state index contributed by atoms with van der Waals surface area (Å²) in [7, 11) is 0. The molecule has 0 aromatic heterocycles. The molecule has 0 aliphatic heterocycles. The summed E-state index contributed by atoms with van der Waals surface area (Å²) >= 11 is 0. The highest BCUT2D eigenvalue weighted by atomic mass is 16.5. The number of nitrogens with zero attached hydrogens (tertiary/aromatic N) is 1. The first-order chi connectivity index (χ1) is 14.1. The van der Waals surface area contributed by atoms with Crippen LogP contribution in [0, 0.1) is 6.92 Å². The maximum absolute atomic E-state index is 6.10. The van der Waals surface area contributed by atoms with Gasteiger partial charge in [-0.05, 0) is 62.7 Å². The van der Waals surface area contributed by atoms with Crippen molar-refractivity contribution in [3.8, 4) is 17.2 Å². The van der Waals surface area contributed by atoms with Gasteiger partial charge in [0.25, 0.3) is 0 Å². The van der Waals surface area contributed by atoms with Gasteiger partial charge in [-0.2, -0.15) is 0 Å². The first-order valence-electron chi connectivity index (χ1n) is 9.59. The molecule has 3 aromatic rings. The van der Waals surface area contributed by atoms with Gasteiger partial charge in [-0.15, -0.1) is 0 Å². The van der Waals surface area contributed by atoms with Crippen LogP contribution >= 0.6 is 0 Å². The van der Waals surface area contributed by atoms with Gasteiger partial charge >= 0.3 is 0 Å². The average Bonchev–Trinajstić information content (AvgIpc) is 2.73. The van der Waals surface area contributed by atoms with E-state index in [4.69, 9.17) is 14.2 Å². The van der Waals surface area contributed by atoms with Crippen LogP contribution in [0.2, 0.25) is 0 Å². The molecule has 29 heavy (non-hydrogen) atoms. The number of aryl methyl sites for hydroxylation is 1. The van der Waals surface area contributed by atoms with Crippen LogP contribution in [-0.4, -0.2) is 12.5 Å². The van der Waals surface area contributed by atoms with Gasteiger partial charge in [0.2, 0.25) is 5.90 Å². The van der Waals surface area contributed by atoms with Gasteiger partial charge in [0.05, 0.1) is 18.6 Å². The molecule has 3 rings (SSSR count). The fraction of sp³-hybridized carbons (Fsp3) is 0.160. The highest BCUT2D eigenvalue weighted by molar-refractivity contribution is 5.96. The molecule has 0 heterocycles. The third-order valence-electron chi connectivity index (χ3n) is 4.02.